The van der Waals surface area contributed by atoms with E-state index in [0.29, 0.717) is 6.54 Å². The molecule has 0 saturated carbocycles. The molecule has 6 nitrogen and oxygen atoms in total. The molecule has 88 valence electrons. The van der Waals surface area contributed by atoms with Gasteiger partial charge in [-0.1, -0.05) is 26.2 Å². The molecule has 0 saturated heterocycles. The summed E-state index contributed by atoms with van der Waals surface area (Å²) in [5.41, 5.74) is 1.92. The third-order valence-corrected chi connectivity index (χ3v) is 1.89. The van der Waals surface area contributed by atoms with Crippen molar-refractivity contribution in [2.24, 2.45) is 5.84 Å². The Bertz CT molecular complexity index is 197. The van der Waals surface area contributed by atoms with Crippen LogP contribution in [0.5, 0.6) is 0 Å². The number of unbranched alkanes of at least 4 members (excludes halogenated alkanes) is 3. The number of hydrogen-bond donors (Lipinski definition) is 4. The Morgan fingerprint density at radius 3 is 2.47 bits per heavy atom. The van der Waals surface area contributed by atoms with Gasteiger partial charge in [-0.05, 0) is 6.42 Å². The highest BCUT2D eigenvalue weighted by Crippen LogP contribution is 1.96. The quantitative estimate of drug-likeness (QED) is 0.206. The second-order valence-corrected chi connectivity index (χ2v) is 3.24. The number of urea groups is 1. The van der Waals surface area contributed by atoms with Gasteiger partial charge in [0, 0.05) is 6.54 Å². The fraction of sp³-hybridized carbons (Fsp3) is 0.778. The number of carbonyl (C=O) groups excluding carboxylic acids is 2. The number of nitrogens with one attached hydrogen (secondary N) is 3. The zero-order chi connectivity index (χ0) is 11.5. The van der Waals surface area contributed by atoms with E-state index in [1.807, 2.05) is 5.43 Å². The molecule has 0 aromatic heterocycles. The van der Waals surface area contributed by atoms with Crippen molar-refractivity contribution in [1.29, 1.82) is 0 Å². The van der Waals surface area contributed by atoms with E-state index in [1.165, 1.54) is 12.8 Å². The minimum atomic E-state index is -0.420. The molecule has 0 unspecified atom stereocenters. The summed E-state index contributed by atoms with van der Waals surface area (Å²) in [7, 11) is 0. The number of rotatable bonds is 7. The van der Waals surface area contributed by atoms with Gasteiger partial charge in [-0.25, -0.2) is 10.6 Å². The SMILES string of the molecule is CCCCCCNC(=O)NCC(=O)NN. The van der Waals surface area contributed by atoms with Crippen LogP contribution < -0.4 is 21.9 Å². The highest BCUT2D eigenvalue weighted by atomic mass is 16.2. The van der Waals surface area contributed by atoms with Crippen LogP contribution in [0.2, 0.25) is 0 Å². The molecule has 0 aromatic carbocycles. The monoisotopic (exact) mass is 216 g/mol. The molecule has 0 radical (unpaired) electrons. The molecule has 3 amide bonds. The molecule has 0 fully saturated rings. The number of nitrogens with two attached hydrogens (primary N) is 1. The van der Waals surface area contributed by atoms with Gasteiger partial charge in [-0.15, -0.1) is 0 Å². The standard InChI is InChI=1S/C9H20N4O2/c1-2-3-4-5-6-11-9(15)12-7-8(14)13-10/h2-7,10H2,1H3,(H,13,14)(H2,11,12,15). The first kappa shape index (κ1) is 13.7. The Morgan fingerprint density at radius 1 is 1.13 bits per heavy atom. The minimum absolute atomic E-state index is 0.0999. The highest BCUT2D eigenvalue weighted by molar-refractivity contribution is 5.83. The van der Waals surface area contributed by atoms with Crippen molar-refractivity contribution in [3.63, 3.8) is 0 Å². The van der Waals surface area contributed by atoms with Crippen LogP contribution >= 0.6 is 0 Å². The summed E-state index contributed by atoms with van der Waals surface area (Å²) in [5.74, 6) is 4.42. The largest absolute Gasteiger partial charge is 0.338 e. The lowest BCUT2D eigenvalue weighted by atomic mass is 10.2. The average Bonchev–Trinajstić information content (AvgIpc) is 2.25. The second-order valence-electron chi connectivity index (χ2n) is 3.24. The third kappa shape index (κ3) is 9.01. The van der Waals surface area contributed by atoms with Crippen molar-refractivity contribution >= 4 is 11.9 Å². The van der Waals surface area contributed by atoms with Crippen molar-refractivity contribution in [3.8, 4) is 0 Å². The van der Waals surface area contributed by atoms with E-state index in [-0.39, 0.29) is 12.6 Å². The molecule has 0 atom stereocenters. The van der Waals surface area contributed by atoms with Gasteiger partial charge in [0.25, 0.3) is 5.91 Å². The molecule has 0 bridgehead atoms. The molecule has 0 heterocycles. The molecule has 5 N–H and O–H groups in total. The van der Waals surface area contributed by atoms with Crippen LogP contribution in [0.15, 0.2) is 0 Å². The maximum atomic E-state index is 11.1. The van der Waals surface area contributed by atoms with Crippen molar-refractivity contribution < 1.29 is 9.59 Å². The van der Waals surface area contributed by atoms with E-state index in [1.54, 1.807) is 0 Å². The molecule has 0 aromatic rings. The summed E-state index contributed by atoms with van der Waals surface area (Å²) in [5, 5.41) is 5.03. The van der Waals surface area contributed by atoms with E-state index < -0.39 is 5.91 Å². The minimum Gasteiger partial charge on any atom is -0.338 e. The summed E-state index contributed by atoms with van der Waals surface area (Å²) in [6, 6.07) is -0.338. The summed E-state index contributed by atoms with van der Waals surface area (Å²) in [6.45, 7) is 2.67. The van der Waals surface area contributed by atoms with Crippen molar-refractivity contribution in [1.82, 2.24) is 16.1 Å². The predicted octanol–water partition coefficient (Wildman–Crippen LogP) is -0.144. The summed E-state index contributed by atoms with van der Waals surface area (Å²) >= 11 is 0. The van der Waals surface area contributed by atoms with Crippen molar-refractivity contribution in [2.45, 2.75) is 32.6 Å². The van der Waals surface area contributed by atoms with Crippen LogP contribution in [0.1, 0.15) is 32.6 Å². The van der Waals surface area contributed by atoms with Crippen LogP contribution in [0.25, 0.3) is 0 Å². The zero-order valence-corrected chi connectivity index (χ0v) is 9.14. The lowest BCUT2D eigenvalue weighted by Gasteiger charge is -2.06. The van der Waals surface area contributed by atoms with Crippen molar-refractivity contribution in [2.75, 3.05) is 13.1 Å². The predicted molar refractivity (Wildman–Crippen MR) is 57.9 cm³/mol. The first-order valence-electron chi connectivity index (χ1n) is 5.21. The first-order chi connectivity index (χ1) is 7.20. The molecule has 0 rings (SSSR count). The van der Waals surface area contributed by atoms with Crippen LogP contribution in [-0.4, -0.2) is 25.0 Å². The maximum Gasteiger partial charge on any atom is 0.315 e. The number of hydrazine groups is 1. The second kappa shape index (κ2) is 9.26. The topological polar surface area (TPSA) is 96.2 Å². The van der Waals surface area contributed by atoms with Gasteiger partial charge in [-0.2, -0.15) is 0 Å². The van der Waals surface area contributed by atoms with Gasteiger partial charge in [0.05, 0.1) is 6.54 Å². The van der Waals surface area contributed by atoms with Gasteiger partial charge in [-0.3, -0.25) is 10.2 Å². The van der Waals surface area contributed by atoms with Gasteiger partial charge in [0.15, 0.2) is 0 Å². The summed E-state index contributed by atoms with van der Waals surface area (Å²) in [6.07, 6.45) is 4.42. The smallest absolute Gasteiger partial charge is 0.315 e. The Balaban J connectivity index is 3.30. The Hall–Kier alpha value is -1.30. The highest BCUT2D eigenvalue weighted by Gasteiger charge is 2.01. The lowest BCUT2D eigenvalue weighted by molar-refractivity contribution is -0.120. The Kier molecular flexibility index (Phi) is 8.46. The van der Waals surface area contributed by atoms with E-state index in [2.05, 4.69) is 17.6 Å². The van der Waals surface area contributed by atoms with Crippen LogP contribution in [0.3, 0.4) is 0 Å². The Morgan fingerprint density at radius 2 is 1.87 bits per heavy atom. The van der Waals surface area contributed by atoms with Crippen LogP contribution in [0, 0.1) is 0 Å². The van der Waals surface area contributed by atoms with Gasteiger partial charge in [0.1, 0.15) is 0 Å². The average molecular weight is 216 g/mol. The van der Waals surface area contributed by atoms with Crippen molar-refractivity contribution in [3.05, 3.63) is 0 Å². The van der Waals surface area contributed by atoms with E-state index in [0.717, 1.165) is 12.8 Å². The summed E-state index contributed by atoms with van der Waals surface area (Å²) in [4.78, 5) is 21.7. The molecule has 0 aliphatic heterocycles. The fourth-order valence-electron chi connectivity index (χ4n) is 1.03. The fourth-order valence-corrected chi connectivity index (χ4v) is 1.03. The zero-order valence-electron chi connectivity index (χ0n) is 9.14. The van der Waals surface area contributed by atoms with E-state index in [9.17, 15) is 9.59 Å². The first-order valence-corrected chi connectivity index (χ1v) is 5.21. The Labute approximate surface area is 89.9 Å². The maximum absolute atomic E-state index is 11.1. The molecule has 6 heteroatoms. The third-order valence-electron chi connectivity index (χ3n) is 1.89. The van der Waals surface area contributed by atoms with E-state index in [4.69, 9.17) is 5.84 Å². The lowest BCUT2D eigenvalue weighted by Crippen LogP contribution is -2.44. The van der Waals surface area contributed by atoms with Gasteiger partial charge >= 0.3 is 6.03 Å². The normalized spacial score (nSPS) is 9.47. The number of hydrogen-bond acceptors (Lipinski definition) is 3. The molecule has 0 aliphatic carbocycles. The van der Waals surface area contributed by atoms with Crippen LogP contribution in [0.4, 0.5) is 4.79 Å². The summed E-state index contributed by atoms with van der Waals surface area (Å²) < 4.78 is 0. The van der Waals surface area contributed by atoms with Crippen LogP contribution in [-0.2, 0) is 4.79 Å². The number of amides is 3. The molecular weight excluding hydrogens is 196 g/mol. The molecule has 15 heavy (non-hydrogen) atoms. The molecule has 0 spiro atoms. The number of carbonyl (C=O) groups is 2. The van der Waals surface area contributed by atoms with E-state index >= 15 is 0 Å². The van der Waals surface area contributed by atoms with Gasteiger partial charge in [0.2, 0.25) is 0 Å². The molecular formula is C9H20N4O2. The van der Waals surface area contributed by atoms with Gasteiger partial charge < -0.3 is 10.6 Å². The molecule has 0 aliphatic rings.